The molecule has 1 aromatic rings. The zero-order chi connectivity index (χ0) is 8.39. The molecule has 12 heavy (non-hydrogen) atoms. The Balaban J connectivity index is 2.04. The number of nitrogens with two attached hydrogens (primary N) is 1. The van der Waals surface area contributed by atoms with E-state index < -0.39 is 0 Å². The van der Waals surface area contributed by atoms with Crippen molar-refractivity contribution < 1.29 is 4.42 Å². The molecule has 2 rings (SSSR count). The van der Waals surface area contributed by atoms with Gasteiger partial charge in [-0.1, -0.05) is 12.8 Å². The van der Waals surface area contributed by atoms with Crippen molar-refractivity contribution in [3.8, 4) is 0 Å². The van der Waals surface area contributed by atoms with Gasteiger partial charge in [0.15, 0.2) is 0 Å². The van der Waals surface area contributed by atoms with Gasteiger partial charge in [0.25, 0.3) is 0 Å². The third kappa shape index (κ3) is 1.39. The first-order chi connectivity index (χ1) is 5.88. The Morgan fingerprint density at radius 1 is 1.42 bits per heavy atom. The summed E-state index contributed by atoms with van der Waals surface area (Å²) in [5.74, 6) is 0.683. The number of hydrogen-bond acceptors (Lipinski definition) is 2. The zero-order valence-corrected chi connectivity index (χ0v) is 7.20. The molecule has 1 atom stereocenters. The first-order valence-corrected chi connectivity index (χ1v) is 4.65. The summed E-state index contributed by atoms with van der Waals surface area (Å²) in [6.45, 7) is 0. The highest BCUT2D eigenvalue weighted by Crippen LogP contribution is 2.33. The summed E-state index contributed by atoms with van der Waals surface area (Å²) in [5.41, 5.74) is 7.24. The van der Waals surface area contributed by atoms with Gasteiger partial charge in [-0.15, -0.1) is 0 Å². The van der Waals surface area contributed by atoms with Gasteiger partial charge in [0, 0.05) is 11.6 Å². The van der Waals surface area contributed by atoms with Gasteiger partial charge in [-0.05, 0) is 24.8 Å². The van der Waals surface area contributed by atoms with Crippen LogP contribution in [0.25, 0.3) is 0 Å². The van der Waals surface area contributed by atoms with Crippen LogP contribution < -0.4 is 5.73 Å². The minimum Gasteiger partial charge on any atom is -0.472 e. The molecule has 1 heterocycles. The predicted molar refractivity (Wildman–Crippen MR) is 47.6 cm³/mol. The van der Waals surface area contributed by atoms with Gasteiger partial charge in [0.05, 0.1) is 12.5 Å². The SMILES string of the molecule is NC(c1ccoc1)C1CCCC1. The fourth-order valence-corrected chi connectivity index (χ4v) is 2.05. The molecule has 2 N–H and O–H groups in total. The van der Waals surface area contributed by atoms with Crippen LogP contribution in [0, 0.1) is 5.92 Å². The Hall–Kier alpha value is -0.760. The second-order valence-electron chi connectivity index (χ2n) is 3.63. The lowest BCUT2D eigenvalue weighted by Crippen LogP contribution is -2.18. The van der Waals surface area contributed by atoms with Crippen LogP contribution in [0.15, 0.2) is 23.0 Å². The van der Waals surface area contributed by atoms with Gasteiger partial charge >= 0.3 is 0 Å². The quantitative estimate of drug-likeness (QED) is 0.731. The molecule has 2 nitrogen and oxygen atoms in total. The molecular weight excluding hydrogens is 150 g/mol. The van der Waals surface area contributed by atoms with E-state index >= 15 is 0 Å². The molecule has 0 spiro atoms. The van der Waals surface area contributed by atoms with E-state index in [-0.39, 0.29) is 6.04 Å². The lowest BCUT2D eigenvalue weighted by molar-refractivity contribution is 0.440. The third-order valence-electron chi connectivity index (χ3n) is 2.84. The minimum atomic E-state index is 0.200. The summed E-state index contributed by atoms with van der Waals surface area (Å²) in [4.78, 5) is 0. The molecule has 0 aliphatic heterocycles. The fraction of sp³-hybridized carbons (Fsp3) is 0.600. The van der Waals surface area contributed by atoms with Crippen LogP contribution in [0.1, 0.15) is 37.3 Å². The molecule has 1 unspecified atom stereocenters. The normalized spacial score (nSPS) is 21.4. The maximum atomic E-state index is 6.08. The Labute approximate surface area is 72.7 Å². The predicted octanol–water partition coefficient (Wildman–Crippen LogP) is 2.47. The van der Waals surface area contributed by atoms with E-state index in [4.69, 9.17) is 10.2 Å². The average molecular weight is 165 g/mol. The Kier molecular flexibility index (Phi) is 2.17. The summed E-state index contributed by atoms with van der Waals surface area (Å²) in [6.07, 6.45) is 8.72. The van der Waals surface area contributed by atoms with Crippen LogP contribution in [-0.4, -0.2) is 0 Å². The molecule has 0 amide bonds. The number of hydrogen-bond donors (Lipinski definition) is 1. The van der Waals surface area contributed by atoms with Crippen molar-refractivity contribution in [2.45, 2.75) is 31.7 Å². The van der Waals surface area contributed by atoms with E-state index in [1.807, 2.05) is 6.07 Å². The van der Waals surface area contributed by atoms with Gasteiger partial charge < -0.3 is 10.2 Å². The van der Waals surface area contributed by atoms with Crippen LogP contribution in [0.5, 0.6) is 0 Å². The lowest BCUT2D eigenvalue weighted by atomic mass is 9.94. The molecule has 1 aromatic heterocycles. The third-order valence-corrected chi connectivity index (χ3v) is 2.84. The lowest BCUT2D eigenvalue weighted by Gasteiger charge is -2.16. The monoisotopic (exact) mass is 165 g/mol. The molecule has 0 aromatic carbocycles. The van der Waals surface area contributed by atoms with Crippen LogP contribution in [0.2, 0.25) is 0 Å². The van der Waals surface area contributed by atoms with Crippen LogP contribution in [-0.2, 0) is 0 Å². The van der Waals surface area contributed by atoms with E-state index in [0.29, 0.717) is 5.92 Å². The van der Waals surface area contributed by atoms with E-state index in [1.165, 1.54) is 25.7 Å². The first-order valence-electron chi connectivity index (χ1n) is 4.65. The maximum Gasteiger partial charge on any atom is 0.0950 e. The summed E-state index contributed by atoms with van der Waals surface area (Å²) >= 11 is 0. The number of rotatable bonds is 2. The standard InChI is InChI=1S/C10H15NO/c11-10(8-3-1-2-4-8)9-5-6-12-7-9/h5-8,10H,1-4,11H2. The molecule has 1 aliphatic carbocycles. The van der Waals surface area contributed by atoms with Crippen molar-refractivity contribution >= 4 is 0 Å². The van der Waals surface area contributed by atoms with Crippen molar-refractivity contribution in [2.24, 2.45) is 11.7 Å². The van der Waals surface area contributed by atoms with Crippen molar-refractivity contribution in [3.63, 3.8) is 0 Å². The second-order valence-corrected chi connectivity index (χ2v) is 3.63. The van der Waals surface area contributed by atoms with Crippen LogP contribution >= 0.6 is 0 Å². The largest absolute Gasteiger partial charge is 0.472 e. The highest BCUT2D eigenvalue weighted by molar-refractivity contribution is 5.12. The van der Waals surface area contributed by atoms with Crippen molar-refractivity contribution in [2.75, 3.05) is 0 Å². The van der Waals surface area contributed by atoms with Crippen LogP contribution in [0.4, 0.5) is 0 Å². The highest BCUT2D eigenvalue weighted by Gasteiger charge is 2.23. The van der Waals surface area contributed by atoms with Crippen molar-refractivity contribution in [3.05, 3.63) is 24.2 Å². The van der Waals surface area contributed by atoms with E-state index in [0.717, 1.165) is 5.56 Å². The van der Waals surface area contributed by atoms with E-state index in [1.54, 1.807) is 12.5 Å². The summed E-state index contributed by atoms with van der Waals surface area (Å²) in [7, 11) is 0. The molecular formula is C10H15NO. The van der Waals surface area contributed by atoms with Crippen molar-refractivity contribution in [1.29, 1.82) is 0 Å². The first kappa shape index (κ1) is 7.87. The Morgan fingerprint density at radius 2 is 2.17 bits per heavy atom. The molecule has 1 aliphatic rings. The fourth-order valence-electron chi connectivity index (χ4n) is 2.05. The highest BCUT2D eigenvalue weighted by atomic mass is 16.3. The van der Waals surface area contributed by atoms with E-state index in [9.17, 15) is 0 Å². The second kappa shape index (κ2) is 3.31. The smallest absolute Gasteiger partial charge is 0.0950 e. The van der Waals surface area contributed by atoms with Gasteiger partial charge in [-0.2, -0.15) is 0 Å². The zero-order valence-electron chi connectivity index (χ0n) is 7.20. The topological polar surface area (TPSA) is 39.2 Å². The Morgan fingerprint density at radius 3 is 2.75 bits per heavy atom. The van der Waals surface area contributed by atoms with Gasteiger partial charge in [0.1, 0.15) is 0 Å². The summed E-state index contributed by atoms with van der Waals surface area (Å²) < 4.78 is 5.02. The maximum absolute atomic E-state index is 6.08. The molecule has 2 heteroatoms. The molecule has 1 fully saturated rings. The minimum absolute atomic E-state index is 0.200. The average Bonchev–Trinajstić information content (AvgIpc) is 2.77. The summed E-state index contributed by atoms with van der Waals surface area (Å²) in [6, 6.07) is 2.18. The Bertz CT molecular complexity index is 224. The summed E-state index contributed by atoms with van der Waals surface area (Å²) in [5, 5.41) is 0. The van der Waals surface area contributed by atoms with Gasteiger partial charge in [0.2, 0.25) is 0 Å². The van der Waals surface area contributed by atoms with E-state index in [2.05, 4.69) is 0 Å². The van der Waals surface area contributed by atoms with Crippen molar-refractivity contribution in [1.82, 2.24) is 0 Å². The molecule has 0 bridgehead atoms. The van der Waals surface area contributed by atoms with Gasteiger partial charge in [-0.25, -0.2) is 0 Å². The molecule has 0 saturated heterocycles. The van der Waals surface area contributed by atoms with Gasteiger partial charge in [-0.3, -0.25) is 0 Å². The molecule has 0 radical (unpaired) electrons. The molecule has 1 saturated carbocycles. The number of furan rings is 1. The van der Waals surface area contributed by atoms with Crippen LogP contribution in [0.3, 0.4) is 0 Å². The molecule has 66 valence electrons.